The molecule has 100 valence electrons. The van der Waals surface area contributed by atoms with E-state index in [4.69, 9.17) is 4.74 Å². The molecule has 0 radical (unpaired) electrons. The molecule has 2 unspecified atom stereocenters. The van der Waals surface area contributed by atoms with Gasteiger partial charge in [-0.2, -0.15) is 0 Å². The van der Waals surface area contributed by atoms with E-state index in [1.165, 1.54) is 0 Å². The highest BCUT2D eigenvalue weighted by Gasteiger charge is 2.20. The van der Waals surface area contributed by atoms with E-state index in [0.29, 0.717) is 19.4 Å². The van der Waals surface area contributed by atoms with Crippen LogP contribution in [-0.4, -0.2) is 36.4 Å². The molecular formula is C13H25NO3. The monoisotopic (exact) mass is 243 g/mol. The summed E-state index contributed by atoms with van der Waals surface area (Å²) >= 11 is 0. The van der Waals surface area contributed by atoms with E-state index in [1.54, 1.807) is 0 Å². The summed E-state index contributed by atoms with van der Waals surface area (Å²) in [5.41, 5.74) is 0.0821. The first-order valence-corrected chi connectivity index (χ1v) is 6.43. The van der Waals surface area contributed by atoms with Gasteiger partial charge in [0.05, 0.1) is 18.6 Å². The van der Waals surface area contributed by atoms with Crippen molar-refractivity contribution in [2.24, 2.45) is 5.41 Å². The number of aliphatic hydroxyl groups is 1. The van der Waals surface area contributed by atoms with E-state index < -0.39 is 6.10 Å². The van der Waals surface area contributed by atoms with Gasteiger partial charge in [-0.15, -0.1) is 0 Å². The first-order chi connectivity index (χ1) is 7.87. The van der Waals surface area contributed by atoms with Crippen LogP contribution in [0.2, 0.25) is 0 Å². The lowest BCUT2D eigenvalue weighted by atomic mass is 9.89. The summed E-state index contributed by atoms with van der Waals surface area (Å²) in [6.45, 7) is 7.33. The highest BCUT2D eigenvalue weighted by Crippen LogP contribution is 2.20. The van der Waals surface area contributed by atoms with Crippen LogP contribution in [0.1, 0.15) is 46.5 Å². The van der Waals surface area contributed by atoms with Gasteiger partial charge in [-0.3, -0.25) is 4.79 Å². The van der Waals surface area contributed by atoms with Crippen LogP contribution in [0.5, 0.6) is 0 Å². The maximum absolute atomic E-state index is 11.6. The molecule has 2 atom stereocenters. The summed E-state index contributed by atoms with van der Waals surface area (Å²) in [7, 11) is 0. The molecule has 1 aliphatic rings. The zero-order chi connectivity index (χ0) is 12.9. The molecule has 0 bridgehead atoms. The Morgan fingerprint density at radius 3 is 2.76 bits per heavy atom. The molecule has 1 saturated heterocycles. The van der Waals surface area contributed by atoms with Gasteiger partial charge in [0, 0.05) is 13.2 Å². The summed E-state index contributed by atoms with van der Waals surface area (Å²) in [4.78, 5) is 11.6. The van der Waals surface area contributed by atoms with Gasteiger partial charge in [0.25, 0.3) is 0 Å². The molecule has 0 aliphatic carbocycles. The number of amides is 1. The number of aliphatic hydroxyl groups excluding tert-OH is 1. The fourth-order valence-corrected chi connectivity index (χ4v) is 2.09. The van der Waals surface area contributed by atoms with Crippen LogP contribution in [0, 0.1) is 5.41 Å². The lowest BCUT2D eigenvalue weighted by Crippen LogP contribution is -2.35. The van der Waals surface area contributed by atoms with Crippen molar-refractivity contribution in [2.45, 2.75) is 58.7 Å². The Balaban J connectivity index is 2.14. The molecule has 1 rings (SSSR count). The van der Waals surface area contributed by atoms with Gasteiger partial charge >= 0.3 is 0 Å². The van der Waals surface area contributed by atoms with Gasteiger partial charge in [0.1, 0.15) is 0 Å². The average Bonchev–Trinajstić information content (AvgIpc) is 2.64. The quantitative estimate of drug-likeness (QED) is 0.768. The van der Waals surface area contributed by atoms with Gasteiger partial charge in [-0.05, 0) is 24.7 Å². The van der Waals surface area contributed by atoms with Crippen molar-refractivity contribution in [1.29, 1.82) is 0 Å². The van der Waals surface area contributed by atoms with E-state index in [1.807, 2.05) is 0 Å². The predicted molar refractivity (Wildman–Crippen MR) is 66.7 cm³/mol. The largest absolute Gasteiger partial charge is 0.391 e. The lowest BCUT2D eigenvalue weighted by Gasteiger charge is -2.22. The molecule has 4 heteroatoms. The van der Waals surface area contributed by atoms with Gasteiger partial charge < -0.3 is 15.2 Å². The second-order valence-electron chi connectivity index (χ2n) is 6.06. The van der Waals surface area contributed by atoms with Crippen LogP contribution in [0.25, 0.3) is 0 Å². The van der Waals surface area contributed by atoms with E-state index in [9.17, 15) is 9.90 Å². The van der Waals surface area contributed by atoms with Crippen LogP contribution < -0.4 is 5.32 Å². The molecule has 0 saturated carbocycles. The molecule has 1 fully saturated rings. The lowest BCUT2D eigenvalue weighted by molar-refractivity contribution is -0.123. The Hall–Kier alpha value is -0.610. The topological polar surface area (TPSA) is 58.6 Å². The SMILES string of the molecule is CC(C)(C)CC(O)CNC(=O)CC1CCCO1. The summed E-state index contributed by atoms with van der Waals surface area (Å²) in [6.07, 6.45) is 2.73. The van der Waals surface area contributed by atoms with Crippen molar-refractivity contribution in [2.75, 3.05) is 13.2 Å². The Bertz CT molecular complexity index is 242. The minimum atomic E-state index is -0.469. The van der Waals surface area contributed by atoms with Crippen LogP contribution >= 0.6 is 0 Å². The van der Waals surface area contributed by atoms with Crippen LogP contribution in [-0.2, 0) is 9.53 Å². The Labute approximate surface area is 104 Å². The summed E-state index contributed by atoms with van der Waals surface area (Å²) in [6, 6.07) is 0. The van der Waals surface area contributed by atoms with Crippen molar-refractivity contribution in [1.82, 2.24) is 5.32 Å². The fraction of sp³-hybridized carbons (Fsp3) is 0.923. The van der Waals surface area contributed by atoms with Crippen LogP contribution in [0.4, 0.5) is 0 Å². The standard InChI is InChI=1S/C13H25NO3/c1-13(2,3)8-10(15)9-14-12(16)7-11-5-4-6-17-11/h10-11,15H,4-9H2,1-3H3,(H,14,16). The van der Waals surface area contributed by atoms with E-state index in [0.717, 1.165) is 19.4 Å². The Kier molecular flexibility index (Phi) is 5.40. The molecular weight excluding hydrogens is 218 g/mol. The van der Waals surface area contributed by atoms with Crippen molar-refractivity contribution >= 4 is 5.91 Å². The highest BCUT2D eigenvalue weighted by molar-refractivity contribution is 5.76. The number of nitrogens with one attached hydrogen (secondary N) is 1. The molecule has 1 heterocycles. The number of carbonyl (C=O) groups is 1. The zero-order valence-corrected chi connectivity index (χ0v) is 11.2. The molecule has 0 spiro atoms. The van der Waals surface area contributed by atoms with Crippen molar-refractivity contribution in [3.05, 3.63) is 0 Å². The molecule has 0 aromatic rings. The molecule has 1 amide bonds. The second kappa shape index (κ2) is 6.36. The Morgan fingerprint density at radius 1 is 1.53 bits per heavy atom. The minimum absolute atomic E-state index is 0.0233. The number of ether oxygens (including phenoxy) is 1. The zero-order valence-electron chi connectivity index (χ0n) is 11.2. The minimum Gasteiger partial charge on any atom is -0.391 e. The van der Waals surface area contributed by atoms with Crippen molar-refractivity contribution in [3.8, 4) is 0 Å². The van der Waals surface area contributed by atoms with Crippen LogP contribution in [0.3, 0.4) is 0 Å². The third-order valence-electron chi connectivity index (χ3n) is 2.82. The number of hydrogen-bond acceptors (Lipinski definition) is 3. The van der Waals surface area contributed by atoms with Gasteiger partial charge in [0.15, 0.2) is 0 Å². The fourth-order valence-electron chi connectivity index (χ4n) is 2.09. The van der Waals surface area contributed by atoms with E-state index in [2.05, 4.69) is 26.1 Å². The first-order valence-electron chi connectivity index (χ1n) is 6.43. The molecule has 0 aromatic carbocycles. The molecule has 17 heavy (non-hydrogen) atoms. The normalized spacial score (nSPS) is 22.5. The van der Waals surface area contributed by atoms with Gasteiger partial charge in [-0.1, -0.05) is 20.8 Å². The van der Waals surface area contributed by atoms with E-state index >= 15 is 0 Å². The summed E-state index contributed by atoms with van der Waals surface area (Å²) in [5, 5.41) is 12.5. The maximum atomic E-state index is 11.6. The number of rotatable bonds is 5. The number of hydrogen-bond donors (Lipinski definition) is 2. The molecule has 1 aliphatic heterocycles. The van der Waals surface area contributed by atoms with Crippen LogP contribution in [0.15, 0.2) is 0 Å². The Morgan fingerprint density at radius 2 is 2.24 bits per heavy atom. The van der Waals surface area contributed by atoms with Gasteiger partial charge in [-0.25, -0.2) is 0 Å². The molecule has 0 aromatic heterocycles. The second-order valence-corrected chi connectivity index (χ2v) is 6.06. The molecule has 4 nitrogen and oxygen atoms in total. The maximum Gasteiger partial charge on any atom is 0.222 e. The summed E-state index contributed by atoms with van der Waals surface area (Å²) in [5.74, 6) is -0.0233. The van der Waals surface area contributed by atoms with E-state index in [-0.39, 0.29) is 17.4 Å². The molecule has 2 N–H and O–H groups in total. The van der Waals surface area contributed by atoms with Gasteiger partial charge in [0.2, 0.25) is 5.91 Å². The smallest absolute Gasteiger partial charge is 0.222 e. The first kappa shape index (κ1) is 14.5. The average molecular weight is 243 g/mol. The third kappa shape index (κ3) is 6.64. The summed E-state index contributed by atoms with van der Waals surface area (Å²) < 4.78 is 5.39. The van der Waals surface area contributed by atoms with Crippen molar-refractivity contribution < 1.29 is 14.6 Å². The highest BCUT2D eigenvalue weighted by atomic mass is 16.5. The predicted octanol–water partition coefficient (Wildman–Crippen LogP) is 1.47. The van der Waals surface area contributed by atoms with Crippen molar-refractivity contribution in [3.63, 3.8) is 0 Å². The third-order valence-corrected chi connectivity index (χ3v) is 2.82. The number of carbonyl (C=O) groups excluding carboxylic acids is 1.